The molecule has 0 aromatic heterocycles. The van der Waals surface area contributed by atoms with Crippen molar-refractivity contribution in [2.75, 3.05) is 39.2 Å². The van der Waals surface area contributed by atoms with E-state index in [2.05, 4.69) is 0 Å². The van der Waals surface area contributed by atoms with Crippen molar-refractivity contribution in [3.05, 3.63) is 53.3 Å². The number of carbonyl (C=O) groups excluding carboxylic acids is 1. The quantitative estimate of drug-likeness (QED) is 0.256. The number of unbranched alkanes of at least 4 members (excludes halogenated alkanes) is 1. The number of rotatable bonds is 8. The predicted molar refractivity (Wildman–Crippen MR) is 151 cm³/mol. The highest BCUT2D eigenvalue weighted by molar-refractivity contribution is 7.98. The number of aliphatic hydroxyl groups is 2. The van der Waals surface area contributed by atoms with Gasteiger partial charge in [0.1, 0.15) is 11.4 Å². The smallest absolute Gasteiger partial charge is 0.225 e. The molecule has 2 aliphatic carbocycles. The van der Waals surface area contributed by atoms with Gasteiger partial charge in [0.15, 0.2) is 0 Å². The molecule has 38 heavy (non-hydrogen) atoms. The van der Waals surface area contributed by atoms with Crippen LogP contribution < -0.4 is 5.73 Å². The molecule has 1 saturated heterocycles. The number of benzene rings is 2. The van der Waals surface area contributed by atoms with E-state index in [1.165, 1.54) is 6.07 Å². The van der Waals surface area contributed by atoms with Crippen molar-refractivity contribution >= 4 is 26.2 Å². The molecule has 1 amide bonds. The van der Waals surface area contributed by atoms with Gasteiger partial charge >= 0.3 is 0 Å². The molecule has 1 aliphatic heterocycles. The molecule has 2 aromatic rings. The van der Waals surface area contributed by atoms with Crippen LogP contribution in [0.15, 0.2) is 41.3 Å². The SMILES string of the molecule is COCCCC[C@]1(O)c2c(ccc(F)c2-c2cccc(SC)c2)[C@@]12CN(C(=O)[C@H]1C[C@@H](N)[C@@H](O)C1)CCP2. The zero-order valence-corrected chi connectivity index (χ0v) is 23.9. The number of amides is 1. The summed E-state index contributed by atoms with van der Waals surface area (Å²) in [5, 5.41) is 22.1. The maximum atomic E-state index is 15.6. The van der Waals surface area contributed by atoms with Gasteiger partial charge in [0.05, 0.1) is 11.3 Å². The van der Waals surface area contributed by atoms with E-state index in [-0.39, 0.29) is 23.7 Å². The Bertz CT molecular complexity index is 1190. The third kappa shape index (κ3) is 4.61. The van der Waals surface area contributed by atoms with Gasteiger partial charge in [0, 0.05) is 49.2 Å². The second-order valence-electron chi connectivity index (χ2n) is 10.9. The lowest BCUT2D eigenvalue weighted by atomic mass is 9.58. The fourth-order valence-corrected chi connectivity index (χ4v) is 9.25. The van der Waals surface area contributed by atoms with Gasteiger partial charge in [0.2, 0.25) is 5.91 Å². The van der Waals surface area contributed by atoms with Crippen LogP contribution in [0, 0.1) is 11.7 Å². The van der Waals surface area contributed by atoms with Gasteiger partial charge in [-0.2, -0.15) is 0 Å². The molecule has 9 heteroatoms. The highest BCUT2D eigenvalue weighted by Crippen LogP contribution is 2.68. The first-order chi connectivity index (χ1) is 18.3. The summed E-state index contributed by atoms with van der Waals surface area (Å²) in [6.45, 7) is 1.62. The number of nitrogens with zero attached hydrogens (tertiary/aromatic N) is 1. The highest BCUT2D eigenvalue weighted by atomic mass is 32.2. The van der Waals surface area contributed by atoms with Gasteiger partial charge in [0.25, 0.3) is 0 Å². The lowest BCUT2D eigenvalue weighted by molar-refractivity contribution is -0.139. The highest BCUT2D eigenvalue weighted by Gasteiger charge is 2.65. The first kappa shape index (κ1) is 28.0. The average Bonchev–Trinajstić information content (AvgIpc) is 3.28. The number of ether oxygens (including phenoxy) is 1. The summed E-state index contributed by atoms with van der Waals surface area (Å²) in [7, 11) is 2.08. The van der Waals surface area contributed by atoms with E-state index in [1.54, 1.807) is 18.9 Å². The normalized spacial score (nSPS) is 31.0. The Kier molecular flexibility index (Phi) is 8.22. The molecule has 1 spiro atoms. The number of hydrogen-bond acceptors (Lipinski definition) is 6. The van der Waals surface area contributed by atoms with E-state index in [0.717, 1.165) is 35.0 Å². The van der Waals surface area contributed by atoms with Crippen LogP contribution in [0.4, 0.5) is 4.39 Å². The van der Waals surface area contributed by atoms with E-state index in [9.17, 15) is 15.0 Å². The molecule has 4 N–H and O–H groups in total. The number of nitrogens with two attached hydrogens (primary N) is 1. The fraction of sp³-hybridized carbons (Fsp3) is 0.552. The number of carbonyl (C=O) groups is 1. The summed E-state index contributed by atoms with van der Waals surface area (Å²) in [6.07, 6.45) is 4.97. The number of thioether (sulfide) groups is 1. The summed E-state index contributed by atoms with van der Waals surface area (Å²) in [6, 6.07) is 10.8. The molecule has 1 heterocycles. The second-order valence-corrected chi connectivity index (χ2v) is 13.5. The van der Waals surface area contributed by atoms with Crippen LogP contribution >= 0.6 is 20.3 Å². The minimum absolute atomic E-state index is 0.00562. The van der Waals surface area contributed by atoms with Crippen molar-refractivity contribution < 1.29 is 24.1 Å². The van der Waals surface area contributed by atoms with Crippen molar-refractivity contribution in [3.63, 3.8) is 0 Å². The summed E-state index contributed by atoms with van der Waals surface area (Å²) in [5.41, 5.74) is 7.61. The molecular weight excluding hydrogens is 522 g/mol. The average molecular weight is 561 g/mol. The molecule has 0 radical (unpaired) electrons. The van der Waals surface area contributed by atoms with Crippen LogP contribution in [0.5, 0.6) is 0 Å². The number of aliphatic hydroxyl groups excluding tert-OH is 1. The number of hydrogen-bond donors (Lipinski definition) is 3. The molecule has 6 atom stereocenters. The van der Waals surface area contributed by atoms with Crippen LogP contribution in [-0.4, -0.2) is 72.4 Å². The van der Waals surface area contributed by atoms with Crippen molar-refractivity contribution in [3.8, 4) is 11.1 Å². The topological polar surface area (TPSA) is 96.0 Å². The van der Waals surface area contributed by atoms with Crippen LogP contribution in [0.2, 0.25) is 0 Å². The number of halogens is 1. The maximum absolute atomic E-state index is 15.6. The predicted octanol–water partition coefficient (Wildman–Crippen LogP) is 4.05. The van der Waals surface area contributed by atoms with Gasteiger partial charge in [-0.25, -0.2) is 4.39 Å². The van der Waals surface area contributed by atoms with Gasteiger partial charge in [-0.05, 0) is 79.4 Å². The van der Waals surface area contributed by atoms with E-state index >= 15 is 4.39 Å². The Morgan fingerprint density at radius 2 is 2.11 bits per heavy atom. The lowest BCUT2D eigenvalue weighted by Gasteiger charge is -2.61. The summed E-state index contributed by atoms with van der Waals surface area (Å²) < 4.78 is 20.8. The van der Waals surface area contributed by atoms with E-state index in [4.69, 9.17) is 10.5 Å². The monoisotopic (exact) mass is 560 g/mol. The van der Waals surface area contributed by atoms with E-state index in [1.807, 2.05) is 41.5 Å². The first-order valence-electron chi connectivity index (χ1n) is 13.4. The zero-order valence-electron chi connectivity index (χ0n) is 22.1. The Hall–Kier alpha value is -1.54. The molecule has 6 nitrogen and oxygen atoms in total. The van der Waals surface area contributed by atoms with Crippen LogP contribution in [-0.2, 0) is 20.3 Å². The largest absolute Gasteiger partial charge is 0.391 e. The summed E-state index contributed by atoms with van der Waals surface area (Å²) in [5.74, 6) is -0.634. The van der Waals surface area contributed by atoms with Gasteiger partial charge in [-0.1, -0.05) is 18.2 Å². The molecule has 1 unspecified atom stereocenters. The molecule has 2 fully saturated rings. The Morgan fingerprint density at radius 3 is 2.82 bits per heavy atom. The molecule has 2 aromatic carbocycles. The Balaban J connectivity index is 1.55. The maximum Gasteiger partial charge on any atom is 0.225 e. The lowest BCUT2D eigenvalue weighted by Crippen LogP contribution is -2.64. The molecule has 206 valence electrons. The zero-order chi connectivity index (χ0) is 27.1. The molecule has 5 rings (SSSR count). The number of methoxy groups -OCH3 is 1. The molecule has 1 saturated carbocycles. The van der Waals surface area contributed by atoms with Crippen LogP contribution in [0.3, 0.4) is 0 Å². The summed E-state index contributed by atoms with van der Waals surface area (Å²) >= 11 is 1.60. The van der Waals surface area contributed by atoms with Crippen molar-refractivity contribution in [2.24, 2.45) is 11.7 Å². The van der Waals surface area contributed by atoms with E-state index < -0.39 is 16.9 Å². The van der Waals surface area contributed by atoms with Crippen LogP contribution in [0.25, 0.3) is 11.1 Å². The minimum atomic E-state index is -1.26. The first-order valence-corrected chi connectivity index (χ1v) is 15.9. The second kappa shape index (κ2) is 11.1. The molecule has 3 aliphatic rings. The van der Waals surface area contributed by atoms with Gasteiger partial charge < -0.3 is 25.6 Å². The van der Waals surface area contributed by atoms with Crippen LogP contribution in [0.1, 0.15) is 43.2 Å². The Labute approximate surface area is 230 Å². The van der Waals surface area contributed by atoms with Crippen molar-refractivity contribution in [2.45, 2.75) is 59.9 Å². The van der Waals surface area contributed by atoms with Gasteiger partial charge in [-0.15, -0.1) is 20.3 Å². The Morgan fingerprint density at radius 1 is 1.29 bits per heavy atom. The van der Waals surface area contributed by atoms with Gasteiger partial charge in [-0.3, -0.25) is 4.79 Å². The third-order valence-electron chi connectivity index (χ3n) is 8.70. The van der Waals surface area contributed by atoms with Crippen molar-refractivity contribution in [1.29, 1.82) is 0 Å². The number of fused-ring (bicyclic) bond motifs is 2. The fourth-order valence-electron chi connectivity index (χ4n) is 6.74. The summed E-state index contributed by atoms with van der Waals surface area (Å²) in [4.78, 5) is 16.5. The molecular formula is C29H38FN2O4PS. The van der Waals surface area contributed by atoms with Crippen molar-refractivity contribution in [1.82, 2.24) is 4.90 Å². The third-order valence-corrected chi connectivity index (χ3v) is 11.3. The molecule has 0 bridgehead atoms. The standard InChI is InChI=1S/C29H38FN2O4PS/c1-36-12-4-3-10-28(35)26-21(8-9-22(30)25(26)18-6-5-7-20(14-18)38-2)29(28)17-32(11-13-37-29)27(34)19-15-23(31)24(33)16-19/h5-9,14,19,23-24,33,35,37H,3-4,10-13,15-17,31H2,1-2H3/t19-,23+,24-,28-,29-/m0/s1. The van der Waals surface area contributed by atoms with E-state index in [0.29, 0.717) is 58.7 Å². The minimum Gasteiger partial charge on any atom is -0.391 e.